The zero-order valence-electron chi connectivity index (χ0n) is 17.2. The number of para-hydroxylation sites is 1. The van der Waals surface area contributed by atoms with E-state index >= 15 is 0 Å². The lowest BCUT2D eigenvalue weighted by Crippen LogP contribution is -2.28. The van der Waals surface area contributed by atoms with Crippen molar-refractivity contribution >= 4 is 28.4 Å². The van der Waals surface area contributed by atoms with Crippen LogP contribution in [-0.2, 0) is 11.3 Å². The minimum absolute atomic E-state index is 0.119. The van der Waals surface area contributed by atoms with Crippen LogP contribution >= 0.6 is 0 Å². The van der Waals surface area contributed by atoms with E-state index in [0.717, 1.165) is 5.52 Å². The molecule has 1 aromatic heterocycles. The van der Waals surface area contributed by atoms with Gasteiger partial charge in [0.1, 0.15) is 6.54 Å². The number of carbonyl (C=O) groups excluding carboxylic acids is 2. The average Bonchev–Trinajstić information content (AvgIpc) is 3.06. The number of rotatable bonds is 8. The molecule has 2 N–H and O–H groups in total. The fourth-order valence-corrected chi connectivity index (χ4v) is 3.06. The number of amides is 2. The molecular formula is C22H22N4O5. The number of nitrogens with one attached hydrogen (secondary N) is 1. The molecule has 2 aromatic carbocycles. The Bertz CT molecular complexity index is 1170. The van der Waals surface area contributed by atoms with Crippen LogP contribution in [0.5, 0.6) is 17.4 Å². The molecule has 9 nitrogen and oxygen atoms in total. The molecule has 2 amide bonds. The number of ether oxygens (including phenoxy) is 2. The molecule has 0 spiro atoms. The number of methoxy groups -OCH3 is 2. The van der Waals surface area contributed by atoms with Crippen molar-refractivity contribution in [3.63, 3.8) is 0 Å². The molecule has 0 unspecified atom stereocenters. The maximum absolute atomic E-state index is 12.3. The Morgan fingerprint density at radius 1 is 1.16 bits per heavy atom. The summed E-state index contributed by atoms with van der Waals surface area (Å²) in [5.74, 6) is -0.386. The summed E-state index contributed by atoms with van der Waals surface area (Å²) in [4.78, 5) is 24.4. The van der Waals surface area contributed by atoms with Gasteiger partial charge in [0.05, 0.1) is 19.7 Å². The van der Waals surface area contributed by atoms with Gasteiger partial charge in [-0.15, -0.1) is 16.8 Å². The van der Waals surface area contributed by atoms with E-state index in [1.165, 1.54) is 20.3 Å². The lowest BCUT2D eigenvalue weighted by molar-refractivity contribution is -0.117. The Hall–Kier alpha value is -4.14. The number of hydrogen-bond acceptors (Lipinski definition) is 6. The summed E-state index contributed by atoms with van der Waals surface area (Å²) in [5.41, 5.74) is 1.22. The number of carbonyl (C=O) groups is 2. The van der Waals surface area contributed by atoms with E-state index in [9.17, 15) is 14.7 Å². The number of benzene rings is 2. The summed E-state index contributed by atoms with van der Waals surface area (Å²) < 4.78 is 11.9. The van der Waals surface area contributed by atoms with Crippen molar-refractivity contribution in [2.45, 2.75) is 6.54 Å². The lowest BCUT2D eigenvalue weighted by atomic mass is 10.2. The normalized spacial score (nSPS) is 10.9. The van der Waals surface area contributed by atoms with Crippen LogP contribution in [0.1, 0.15) is 10.4 Å². The molecule has 0 atom stereocenters. The minimum atomic E-state index is -0.672. The molecule has 0 bridgehead atoms. The third-order valence-corrected chi connectivity index (χ3v) is 4.54. The number of aromatic nitrogens is 1. The first-order valence-corrected chi connectivity index (χ1v) is 9.36. The standard InChI is InChI=1S/C22H22N4O5/c1-4-11-26-16-8-6-5-7-15(16)20(22(26)29)25-24-19(27)13-23-21(28)14-9-10-17(30-2)18(12-14)31-3/h4-10,12,29H,1,11,13H2,2-3H3,(H,23,28). The van der Waals surface area contributed by atoms with Gasteiger partial charge in [0.15, 0.2) is 17.2 Å². The highest BCUT2D eigenvalue weighted by Crippen LogP contribution is 2.38. The van der Waals surface area contributed by atoms with Gasteiger partial charge in [-0.25, -0.2) is 0 Å². The molecule has 0 radical (unpaired) electrons. The maximum Gasteiger partial charge on any atom is 0.283 e. The first-order valence-electron chi connectivity index (χ1n) is 9.36. The molecule has 9 heteroatoms. The molecule has 0 fully saturated rings. The molecule has 0 aliphatic carbocycles. The quantitative estimate of drug-likeness (QED) is 0.425. The Morgan fingerprint density at radius 2 is 1.90 bits per heavy atom. The largest absolute Gasteiger partial charge is 0.493 e. The molecule has 3 aromatic rings. The summed E-state index contributed by atoms with van der Waals surface area (Å²) in [5, 5.41) is 21.2. The Labute approximate surface area is 178 Å². The SMILES string of the molecule is C=CCn1c(O)c(N=NC(=O)CNC(=O)c2ccc(OC)c(OC)c2)c2ccccc21. The number of allylic oxidation sites excluding steroid dienone is 1. The first-order chi connectivity index (χ1) is 15.0. The van der Waals surface area contributed by atoms with Crippen LogP contribution in [0.4, 0.5) is 5.69 Å². The predicted molar refractivity (Wildman–Crippen MR) is 115 cm³/mol. The van der Waals surface area contributed by atoms with Crippen LogP contribution in [-0.4, -0.2) is 42.3 Å². The monoisotopic (exact) mass is 422 g/mol. The van der Waals surface area contributed by atoms with Gasteiger partial charge in [-0.2, -0.15) is 0 Å². The Morgan fingerprint density at radius 3 is 2.61 bits per heavy atom. The summed E-state index contributed by atoms with van der Waals surface area (Å²) in [6.45, 7) is 3.69. The molecular weight excluding hydrogens is 400 g/mol. The van der Waals surface area contributed by atoms with Crippen molar-refractivity contribution < 1.29 is 24.2 Å². The second-order valence-corrected chi connectivity index (χ2v) is 6.43. The molecule has 0 aliphatic heterocycles. The van der Waals surface area contributed by atoms with Gasteiger partial charge in [-0.05, 0) is 24.3 Å². The predicted octanol–water partition coefficient (Wildman–Crippen LogP) is 3.59. The van der Waals surface area contributed by atoms with E-state index in [0.29, 0.717) is 29.0 Å². The van der Waals surface area contributed by atoms with Gasteiger partial charge in [0.2, 0.25) is 5.88 Å². The van der Waals surface area contributed by atoms with Crippen LogP contribution in [0.3, 0.4) is 0 Å². The zero-order valence-corrected chi connectivity index (χ0v) is 17.2. The van der Waals surface area contributed by atoms with Crippen molar-refractivity contribution in [3.8, 4) is 17.4 Å². The van der Waals surface area contributed by atoms with Crippen molar-refractivity contribution in [2.75, 3.05) is 20.8 Å². The zero-order chi connectivity index (χ0) is 22.4. The third kappa shape index (κ3) is 4.55. The summed E-state index contributed by atoms with van der Waals surface area (Å²) in [6.07, 6.45) is 1.64. The van der Waals surface area contributed by atoms with E-state index in [4.69, 9.17) is 9.47 Å². The molecule has 0 aliphatic rings. The summed E-state index contributed by atoms with van der Waals surface area (Å²) in [6, 6.07) is 11.9. The fraction of sp³-hybridized carbons (Fsp3) is 0.182. The maximum atomic E-state index is 12.3. The number of hydrogen-bond donors (Lipinski definition) is 2. The fourth-order valence-electron chi connectivity index (χ4n) is 3.06. The second kappa shape index (κ2) is 9.57. The van der Waals surface area contributed by atoms with Crippen LogP contribution < -0.4 is 14.8 Å². The first kappa shape index (κ1) is 21.6. The highest BCUT2D eigenvalue weighted by atomic mass is 16.5. The van der Waals surface area contributed by atoms with E-state index in [-0.39, 0.29) is 18.1 Å². The van der Waals surface area contributed by atoms with E-state index in [1.54, 1.807) is 34.9 Å². The molecule has 1 heterocycles. The van der Waals surface area contributed by atoms with Crippen molar-refractivity contribution in [1.82, 2.24) is 9.88 Å². The van der Waals surface area contributed by atoms with Gasteiger partial charge < -0.3 is 24.5 Å². The Kier molecular flexibility index (Phi) is 6.66. The summed E-state index contributed by atoms with van der Waals surface area (Å²) in [7, 11) is 2.96. The van der Waals surface area contributed by atoms with Gasteiger partial charge in [0.25, 0.3) is 11.8 Å². The van der Waals surface area contributed by atoms with Crippen LogP contribution in [0.15, 0.2) is 65.3 Å². The Balaban J connectivity index is 1.71. The van der Waals surface area contributed by atoms with Gasteiger partial charge in [-0.3, -0.25) is 9.59 Å². The van der Waals surface area contributed by atoms with Gasteiger partial charge in [0, 0.05) is 17.5 Å². The lowest BCUT2D eigenvalue weighted by Gasteiger charge is -2.09. The number of azo groups is 1. The second-order valence-electron chi connectivity index (χ2n) is 6.43. The highest BCUT2D eigenvalue weighted by molar-refractivity contribution is 5.97. The molecule has 160 valence electrons. The van der Waals surface area contributed by atoms with Crippen molar-refractivity contribution in [3.05, 3.63) is 60.7 Å². The van der Waals surface area contributed by atoms with E-state index in [1.807, 2.05) is 12.1 Å². The van der Waals surface area contributed by atoms with Gasteiger partial charge >= 0.3 is 0 Å². The number of fused-ring (bicyclic) bond motifs is 1. The van der Waals surface area contributed by atoms with Crippen LogP contribution in [0.2, 0.25) is 0 Å². The highest BCUT2D eigenvalue weighted by Gasteiger charge is 2.16. The minimum Gasteiger partial charge on any atom is -0.493 e. The van der Waals surface area contributed by atoms with Crippen LogP contribution in [0, 0.1) is 0 Å². The average molecular weight is 422 g/mol. The molecule has 0 saturated carbocycles. The van der Waals surface area contributed by atoms with E-state index < -0.39 is 11.8 Å². The number of nitrogens with zero attached hydrogens (tertiary/aromatic N) is 3. The third-order valence-electron chi connectivity index (χ3n) is 4.54. The molecule has 31 heavy (non-hydrogen) atoms. The topological polar surface area (TPSA) is 115 Å². The smallest absolute Gasteiger partial charge is 0.283 e. The molecule has 3 rings (SSSR count). The van der Waals surface area contributed by atoms with Crippen LogP contribution in [0.25, 0.3) is 10.9 Å². The van der Waals surface area contributed by atoms with Crippen molar-refractivity contribution in [1.29, 1.82) is 0 Å². The van der Waals surface area contributed by atoms with Crippen molar-refractivity contribution in [2.24, 2.45) is 10.2 Å². The number of aromatic hydroxyl groups is 1. The summed E-state index contributed by atoms with van der Waals surface area (Å²) >= 11 is 0. The van der Waals surface area contributed by atoms with E-state index in [2.05, 4.69) is 22.1 Å². The molecule has 0 saturated heterocycles. The van der Waals surface area contributed by atoms with Gasteiger partial charge in [-0.1, -0.05) is 24.3 Å².